The molecule has 5 N–H and O–H groups in total. The molecule has 2 aromatic heterocycles. The van der Waals surface area contributed by atoms with Crippen molar-refractivity contribution >= 4 is 23.1 Å². The van der Waals surface area contributed by atoms with Gasteiger partial charge in [0.15, 0.2) is 0 Å². The number of aryl methyl sites for hydroxylation is 1. The maximum atomic E-state index is 11.6. The molecule has 0 saturated heterocycles. The third-order valence-corrected chi connectivity index (χ3v) is 3.53. The van der Waals surface area contributed by atoms with Crippen molar-refractivity contribution in [1.29, 1.82) is 0 Å². The summed E-state index contributed by atoms with van der Waals surface area (Å²) in [4.78, 5) is 14.2. The van der Waals surface area contributed by atoms with Crippen molar-refractivity contribution in [3.8, 4) is 0 Å². The molecule has 0 radical (unpaired) electrons. The molecule has 0 aromatic carbocycles. The van der Waals surface area contributed by atoms with Crippen LogP contribution in [0.3, 0.4) is 0 Å². The normalized spacial score (nSPS) is 10.6. The summed E-state index contributed by atoms with van der Waals surface area (Å²) in [5.74, 6) is -0.352. The Morgan fingerprint density at radius 3 is 3.00 bits per heavy atom. The largest absolute Gasteiger partial charge is 0.379 e. The Morgan fingerprint density at radius 1 is 1.53 bits per heavy atom. The molecule has 7 nitrogen and oxygen atoms in total. The van der Waals surface area contributed by atoms with Crippen LogP contribution in [0.2, 0.25) is 0 Å². The van der Waals surface area contributed by atoms with Crippen LogP contribution in [0, 0.1) is 6.92 Å². The molecule has 102 valence electrons. The molecular formula is C11H16N5O2S+. The Balaban J connectivity index is 1.64. The maximum Gasteiger partial charge on any atom is 0.277 e. The van der Waals surface area contributed by atoms with E-state index in [-0.39, 0.29) is 17.4 Å². The topological polar surface area (TPSA) is 111 Å². The van der Waals surface area contributed by atoms with E-state index >= 15 is 0 Å². The molecule has 0 atom stereocenters. The standard InChI is InChI=1S/C11H15N5O2S/c1-7-2-3-8(19-7)6-13-4-5-14-11(17)9-10(12)16-18-15-9/h2-3,13H,4-6H2,1H3,(H2,12,16)(H,14,17)/p+1. The van der Waals surface area contributed by atoms with Gasteiger partial charge in [0, 0.05) is 4.88 Å². The molecular weight excluding hydrogens is 266 g/mol. The fourth-order valence-electron chi connectivity index (χ4n) is 1.56. The molecule has 0 unspecified atom stereocenters. The number of amides is 1. The number of quaternary nitrogens is 1. The fourth-order valence-corrected chi connectivity index (χ4v) is 2.45. The Kier molecular flexibility index (Phi) is 4.48. The van der Waals surface area contributed by atoms with E-state index in [0.29, 0.717) is 6.54 Å². The van der Waals surface area contributed by atoms with E-state index in [1.165, 1.54) is 9.75 Å². The van der Waals surface area contributed by atoms with Crippen LogP contribution in [0.5, 0.6) is 0 Å². The maximum absolute atomic E-state index is 11.6. The monoisotopic (exact) mass is 282 g/mol. The molecule has 19 heavy (non-hydrogen) atoms. The Bertz CT molecular complexity index is 551. The van der Waals surface area contributed by atoms with Gasteiger partial charge >= 0.3 is 0 Å². The highest BCUT2D eigenvalue weighted by molar-refractivity contribution is 7.11. The number of hydrogen-bond acceptors (Lipinski definition) is 6. The lowest BCUT2D eigenvalue weighted by molar-refractivity contribution is -0.668. The summed E-state index contributed by atoms with van der Waals surface area (Å²) >= 11 is 1.79. The Hall–Kier alpha value is -1.93. The molecule has 0 spiro atoms. The third kappa shape index (κ3) is 3.76. The zero-order chi connectivity index (χ0) is 13.7. The first-order chi connectivity index (χ1) is 9.16. The van der Waals surface area contributed by atoms with E-state index in [4.69, 9.17) is 5.73 Å². The first-order valence-corrected chi connectivity index (χ1v) is 6.71. The van der Waals surface area contributed by atoms with Crippen LogP contribution >= 0.6 is 11.3 Å². The number of anilines is 1. The zero-order valence-corrected chi connectivity index (χ0v) is 11.4. The number of nitrogens with one attached hydrogen (secondary N) is 1. The number of aromatic nitrogens is 2. The van der Waals surface area contributed by atoms with Gasteiger partial charge in [-0.1, -0.05) is 0 Å². The predicted octanol–water partition coefficient (Wildman–Crippen LogP) is -0.485. The Morgan fingerprint density at radius 2 is 2.37 bits per heavy atom. The van der Waals surface area contributed by atoms with E-state index < -0.39 is 0 Å². The van der Waals surface area contributed by atoms with Gasteiger partial charge < -0.3 is 16.4 Å². The average Bonchev–Trinajstić information content (AvgIpc) is 2.97. The highest BCUT2D eigenvalue weighted by Crippen LogP contribution is 2.12. The zero-order valence-electron chi connectivity index (χ0n) is 10.5. The number of carbonyl (C=O) groups is 1. The third-order valence-electron chi connectivity index (χ3n) is 2.50. The summed E-state index contributed by atoms with van der Waals surface area (Å²) in [6.45, 7) is 4.33. The summed E-state index contributed by atoms with van der Waals surface area (Å²) in [5.41, 5.74) is 5.45. The van der Waals surface area contributed by atoms with Crippen molar-refractivity contribution < 1.29 is 14.7 Å². The molecule has 0 fully saturated rings. The van der Waals surface area contributed by atoms with Gasteiger partial charge in [-0.25, -0.2) is 4.63 Å². The summed E-state index contributed by atoms with van der Waals surface area (Å²) in [6, 6.07) is 4.23. The van der Waals surface area contributed by atoms with Crippen LogP contribution in [-0.2, 0) is 6.54 Å². The lowest BCUT2D eigenvalue weighted by atomic mass is 10.4. The first-order valence-electron chi connectivity index (χ1n) is 5.90. The van der Waals surface area contributed by atoms with Gasteiger partial charge in [-0.2, -0.15) is 0 Å². The summed E-state index contributed by atoms with van der Waals surface area (Å²) < 4.78 is 4.36. The quantitative estimate of drug-likeness (QED) is 0.619. The SMILES string of the molecule is Cc1ccc(C[NH2+]CCNC(=O)c2nonc2N)s1. The van der Waals surface area contributed by atoms with E-state index in [0.717, 1.165) is 13.1 Å². The molecule has 0 bridgehead atoms. The molecule has 1 amide bonds. The van der Waals surface area contributed by atoms with Crippen molar-refractivity contribution in [3.63, 3.8) is 0 Å². The summed E-state index contributed by atoms with van der Waals surface area (Å²) in [7, 11) is 0. The van der Waals surface area contributed by atoms with Crippen LogP contribution in [-0.4, -0.2) is 29.3 Å². The second kappa shape index (κ2) is 6.30. The molecule has 2 heterocycles. The lowest BCUT2D eigenvalue weighted by Crippen LogP contribution is -2.84. The molecule has 0 aliphatic carbocycles. The molecule has 0 aliphatic heterocycles. The van der Waals surface area contributed by atoms with Gasteiger partial charge in [-0.05, 0) is 29.4 Å². The minimum atomic E-state index is -0.362. The molecule has 0 aliphatic rings. The number of nitrogens with zero attached hydrogens (tertiary/aromatic N) is 2. The summed E-state index contributed by atoms with van der Waals surface area (Å²) in [6.07, 6.45) is 0. The minimum absolute atomic E-state index is 0.00976. The van der Waals surface area contributed by atoms with Gasteiger partial charge in [0.05, 0.1) is 18.0 Å². The average molecular weight is 282 g/mol. The highest BCUT2D eigenvalue weighted by Gasteiger charge is 2.15. The number of thiophene rings is 1. The van der Waals surface area contributed by atoms with Crippen molar-refractivity contribution in [1.82, 2.24) is 15.6 Å². The summed E-state index contributed by atoms with van der Waals surface area (Å²) in [5, 5.41) is 11.6. The van der Waals surface area contributed by atoms with E-state index in [2.05, 4.69) is 44.6 Å². The number of hydrogen-bond donors (Lipinski definition) is 3. The first kappa shape index (κ1) is 13.5. The van der Waals surface area contributed by atoms with Crippen molar-refractivity contribution in [3.05, 3.63) is 27.6 Å². The van der Waals surface area contributed by atoms with Gasteiger partial charge in [0.25, 0.3) is 5.91 Å². The lowest BCUT2D eigenvalue weighted by Gasteiger charge is -2.02. The second-order valence-corrected chi connectivity index (χ2v) is 5.42. The van der Waals surface area contributed by atoms with Gasteiger partial charge in [0.1, 0.15) is 6.54 Å². The fraction of sp³-hybridized carbons (Fsp3) is 0.364. The van der Waals surface area contributed by atoms with Gasteiger partial charge in [-0.3, -0.25) is 4.79 Å². The highest BCUT2D eigenvalue weighted by atomic mass is 32.1. The van der Waals surface area contributed by atoms with E-state index in [1.54, 1.807) is 11.3 Å². The van der Waals surface area contributed by atoms with Crippen LogP contribution in [0.1, 0.15) is 20.2 Å². The molecule has 0 saturated carbocycles. The number of nitrogen functional groups attached to an aromatic ring is 1. The van der Waals surface area contributed by atoms with Crippen molar-refractivity contribution in [2.75, 3.05) is 18.8 Å². The molecule has 2 rings (SSSR count). The number of carbonyl (C=O) groups excluding carboxylic acids is 1. The molecule has 8 heteroatoms. The predicted molar refractivity (Wildman–Crippen MR) is 70.6 cm³/mol. The van der Waals surface area contributed by atoms with Gasteiger partial charge in [0.2, 0.25) is 11.5 Å². The van der Waals surface area contributed by atoms with Crippen LogP contribution < -0.4 is 16.4 Å². The Labute approximate surface area is 114 Å². The number of nitrogens with two attached hydrogens (primary N) is 2. The molecule has 2 aromatic rings. The van der Waals surface area contributed by atoms with E-state index in [9.17, 15) is 4.79 Å². The van der Waals surface area contributed by atoms with Crippen LogP contribution in [0.15, 0.2) is 16.8 Å². The smallest absolute Gasteiger partial charge is 0.277 e. The van der Waals surface area contributed by atoms with Crippen LogP contribution in [0.25, 0.3) is 0 Å². The van der Waals surface area contributed by atoms with E-state index in [1.807, 2.05) is 0 Å². The minimum Gasteiger partial charge on any atom is -0.379 e. The van der Waals surface area contributed by atoms with Crippen molar-refractivity contribution in [2.24, 2.45) is 0 Å². The van der Waals surface area contributed by atoms with Gasteiger partial charge in [-0.15, -0.1) is 11.3 Å². The number of rotatable bonds is 6. The second-order valence-electron chi connectivity index (χ2n) is 4.05. The van der Waals surface area contributed by atoms with Crippen LogP contribution in [0.4, 0.5) is 5.82 Å². The van der Waals surface area contributed by atoms with Crippen molar-refractivity contribution in [2.45, 2.75) is 13.5 Å².